The molecule has 0 N–H and O–H groups in total. The lowest BCUT2D eigenvalue weighted by Gasteiger charge is -2.41. The third-order valence-corrected chi connectivity index (χ3v) is 8.11. The van der Waals surface area contributed by atoms with E-state index in [1.54, 1.807) is 16.4 Å². The summed E-state index contributed by atoms with van der Waals surface area (Å²) in [5, 5.41) is 0. The van der Waals surface area contributed by atoms with E-state index in [0.717, 1.165) is 22.3 Å². The van der Waals surface area contributed by atoms with Crippen molar-refractivity contribution in [2.45, 2.75) is 23.8 Å². The van der Waals surface area contributed by atoms with Crippen molar-refractivity contribution in [1.82, 2.24) is 4.31 Å². The maximum atomic E-state index is 14.0. The van der Waals surface area contributed by atoms with Crippen molar-refractivity contribution in [2.75, 3.05) is 6.54 Å². The zero-order valence-corrected chi connectivity index (χ0v) is 18.7. The Morgan fingerprint density at radius 1 is 0.656 bits per heavy atom. The fraction of sp³-hybridized carbons (Fsp3) is 0.143. The van der Waals surface area contributed by atoms with Gasteiger partial charge in [-0.05, 0) is 41.3 Å². The molecule has 4 aromatic rings. The molecule has 1 aliphatic heterocycles. The minimum absolute atomic E-state index is 0.0346. The van der Waals surface area contributed by atoms with E-state index in [0.29, 0.717) is 11.4 Å². The molecular formula is C28H25NO2S. The number of hydrogen-bond donors (Lipinski definition) is 0. The van der Waals surface area contributed by atoms with Crippen LogP contribution in [0.25, 0.3) is 0 Å². The molecule has 0 bridgehead atoms. The van der Waals surface area contributed by atoms with Gasteiger partial charge in [0, 0.05) is 12.5 Å². The van der Waals surface area contributed by atoms with Crippen molar-refractivity contribution in [3.8, 4) is 0 Å². The average Bonchev–Trinajstić information content (AvgIpc) is 2.84. The van der Waals surface area contributed by atoms with E-state index in [1.165, 1.54) is 5.56 Å². The minimum Gasteiger partial charge on any atom is -0.207 e. The van der Waals surface area contributed by atoms with E-state index in [1.807, 2.05) is 79.7 Å². The smallest absolute Gasteiger partial charge is 0.207 e. The summed E-state index contributed by atoms with van der Waals surface area (Å²) in [6, 6.07) is 35.1. The second-order valence-corrected chi connectivity index (χ2v) is 10.2. The fourth-order valence-corrected chi connectivity index (χ4v) is 6.26. The van der Waals surface area contributed by atoms with E-state index in [4.69, 9.17) is 0 Å². The summed E-state index contributed by atoms with van der Waals surface area (Å²) < 4.78 is 29.7. The highest BCUT2D eigenvalue weighted by Crippen LogP contribution is 2.44. The number of sulfonamides is 1. The van der Waals surface area contributed by atoms with Crippen LogP contribution in [0.5, 0.6) is 0 Å². The summed E-state index contributed by atoms with van der Waals surface area (Å²) in [5.41, 5.74) is 5.35. The van der Waals surface area contributed by atoms with Crippen LogP contribution in [0.15, 0.2) is 114 Å². The molecular weight excluding hydrogens is 414 g/mol. The Morgan fingerprint density at radius 2 is 1.19 bits per heavy atom. The summed E-state index contributed by atoms with van der Waals surface area (Å²) in [7, 11) is -3.73. The first-order valence-corrected chi connectivity index (χ1v) is 12.3. The first kappa shape index (κ1) is 20.7. The Kier molecular flexibility index (Phi) is 5.41. The van der Waals surface area contributed by atoms with Crippen molar-refractivity contribution in [1.29, 1.82) is 0 Å². The second-order valence-electron chi connectivity index (χ2n) is 8.29. The lowest BCUT2D eigenvalue weighted by molar-refractivity contribution is 0.327. The van der Waals surface area contributed by atoms with Gasteiger partial charge in [0.1, 0.15) is 0 Å². The van der Waals surface area contributed by atoms with Crippen LogP contribution < -0.4 is 0 Å². The first-order chi connectivity index (χ1) is 15.6. The number of fused-ring (bicyclic) bond motifs is 1. The molecule has 160 valence electrons. The Labute approximate surface area is 190 Å². The number of nitrogens with zero attached hydrogens (tertiary/aromatic N) is 1. The van der Waals surface area contributed by atoms with Gasteiger partial charge in [-0.2, -0.15) is 4.31 Å². The van der Waals surface area contributed by atoms with Crippen LogP contribution >= 0.6 is 0 Å². The second kappa shape index (κ2) is 8.38. The maximum absolute atomic E-state index is 14.0. The molecule has 1 aliphatic rings. The highest BCUT2D eigenvalue weighted by atomic mass is 32.2. The molecule has 0 saturated carbocycles. The topological polar surface area (TPSA) is 37.4 Å². The molecule has 0 aliphatic carbocycles. The maximum Gasteiger partial charge on any atom is 0.243 e. The van der Waals surface area contributed by atoms with Crippen LogP contribution in [0.3, 0.4) is 0 Å². The predicted molar refractivity (Wildman–Crippen MR) is 128 cm³/mol. The monoisotopic (exact) mass is 439 g/mol. The van der Waals surface area contributed by atoms with Gasteiger partial charge in [0.2, 0.25) is 10.0 Å². The van der Waals surface area contributed by atoms with Crippen molar-refractivity contribution >= 4 is 10.0 Å². The summed E-state index contributed by atoms with van der Waals surface area (Å²) in [6.45, 7) is 2.35. The molecule has 0 saturated heterocycles. The quantitative estimate of drug-likeness (QED) is 0.396. The van der Waals surface area contributed by atoms with Gasteiger partial charge in [-0.15, -0.1) is 0 Å². The number of benzene rings is 4. The molecule has 5 rings (SSSR count). The normalized spacial score (nSPS) is 18.8. The van der Waals surface area contributed by atoms with Crippen molar-refractivity contribution in [2.24, 2.45) is 0 Å². The molecule has 4 aromatic carbocycles. The Balaban J connectivity index is 1.72. The molecule has 0 fully saturated rings. The van der Waals surface area contributed by atoms with E-state index in [2.05, 4.69) is 24.3 Å². The van der Waals surface area contributed by atoms with E-state index < -0.39 is 10.0 Å². The van der Waals surface area contributed by atoms with Gasteiger partial charge in [-0.25, -0.2) is 8.42 Å². The molecule has 0 amide bonds. The van der Waals surface area contributed by atoms with Gasteiger partial charge >= 0.3 is 0 Å². The summed E-state index contributed by atoms with van der Waals surface area (Å²) >= 11 is 0. The van der Waals surface area contributed by atoms with Crippen LogP contribution in [0, 0.1) is 6.92 Å². The van der Waals surface area contributed by atoms with Crippen LogP contribution in [0.4, 0.5) is 0 Å². The standard InChI is InChI=1S/C28H25NO2S/c1-21-16-18-24(19-17-21)32(30,31)29-20-27(22-10-4-2-5-11-22)25-14-8-9-15-26(25)28(29)23-12-6-3-7-13-23/h2-19,27-28H,20H2,1H3/t27-,28+/m1/s1. The molecule has 1 heterocycles. The van der Waals surface area contributed by atoms with E-state index in [-0.39, 0.29) is 12.0 Å². The van der Waals surface area contributed by atoms with Gasteiger partial charge in [-0.1, -0.05) is 103 Å². The van der Waals surface area contributed by atoms with E-state index >= 15 is 0 Å². The lowest BCUT2D eigenvalue weighted by atomic mass is 9.81. The SMILES string of the molecule is Cc1ccc(S(=O)(=O)N2C[C@H](c3ccccc3)c3ccccc3[C@@H]2c2ccccc2)cc1. The predicted octanol–water partition coefficient (Wildman–Crippen LogP) is 5.92. The van der Waals surface area contributed by atoms with Gasteiger partial charge in [0.05, 0.1) is 10.9 Å². The zero-order valence-electron chi connectivity index (χ0n) is 17.9. The Morgan fingerprint density at radius 3 is 1.81 bits per heavy atom. The van der Waals surface area contributed by atoms with Crippen molar-refractivity contribution in [3.63, 3.8) is 0 Å². The van der Waals surface area contributed by atoms with Crippen LogP contribution in [0.2, 0.25) is 0 Å². The van der Waals surface area contributed by atoms with Gasteiger partial charge in [0.15, 0.2) is 0 Å². The van der Waals surface area contributed by atoms with Crippen LogP contribution in [0.1, 0.15) is 39.8 Å². The average molecular weight is 440 g/mol. The molecule has 2 atom stereocenters. The molecule has 0 aromatic heterocycles. The van der Waals surface area contributed by atoms with E-state index in [9.17, 15) is 8.42 Å². The highest BCUT2D eigenvalue weighted by molar-refractivity contribution is 7.89. The zero-order chi connectivity index (χ0) is 22.1. The number of rotatable bonds is 4. The molecule has 0 unspecified atom stereocenters. The van der Waals surface area contributed by atoms with Gasteiger partial charge in [0.25, 0.3) is 0 Å². The molecule has 32 heavy (non-hydrogen) atoms. The summed E-state index contributed by atoms with van der Waals surface area (Å²) in [4.78, 5) is 0.329. The molecule has 0 radical (unpaired) electrons. The van der Waals surface area contributed by atoms with Crippen molar-refractivity contribution in [3.05, 3.63) is 137 Å². The fourth-order valence-electron chi connectivity index (χ4n) is 4.65. The third-order valence-electron chi connectivity index (χ3n) is 6.26. The third kappa shape index (κ3) is 3.66. The van der Waals surface area contributed by atoms with Crippen LogP contribution in [-0.2, 0) is 10.0 Å². The lowest BCUT2D eigenvalue weighted by Crippen LogP contribution is -2.42. The number of hydrogen-bond acceptors (Lipinski definition) is 2. The van der Waals surface area contributed by atoms with Gasteiger partial charge in [-0.3, -0.25) is 0 Å². The minimum atomic E-state index is -3.73. The van der Waals surface area contributed by atoms with Crippen molar-refractivity contribution < 1.29 is 8.42 Å². The first-order valence-electron chi connectivity index (χ1n) is 10.8. The van der Waals surface area contributed by atoms with Gasteiger partial charge < -0.3 is 0 Å². The number of aryl methyl sites for hydroxylation is 1. The Hall–Kier alpha value is -3.21. The summed E-state index contributed by atoms with van der Waals surface area (Å²) in [6.07, 6.45) is 0. The molecule has 0 spiro atoms. The molecule has 4 heteroatoms. The molecule has 3 nitrogen and oxygen atoms in total. The van der Waals surface area contributed by atoms with Crippen LogP contribution in [-0.4, -0.2) is 19.3 Å². The Bertz CT molecular complexity index is 1320. The highest BCUT2D eigenvalue weighted by Gasteiger charge is 2.41. The summed E-state index contributed by atoms with van der Waals surface area (Å²) in [5.74, 6) is -0.0346. The largest absolute Gasteiger partial charge is 0.243 e.